The van der Waals surface area contributed by atoms with E-state index in [0.717, 1.165) is 39.2 Å². The van der Waals surface area contributed by atoms with Gasteiger partial charge in [0.1, 0.15) is 30.3 Å². The van der Waals surface area contributed by atoms with E-state index in [-0.39, 0.29) is 45.7 Å². The van der Waals surface area contributed by atoms with Crippen molar-refractivity contribution in [2.45, 2.75) is 168 Å². The lowest BCUT2D eigenvalue weighted by Gasteiger charge is -2.71. The fourth-order valence-corrected chi connectivity index (χ4v) is 13.6. The lowest BCUT2D eigenvalue weighted by Crippen LogP contribution is -2.68. The van der Waals surface area contributed by atoms with Gasteiger partial charge in [-0.25, -0.2) is 4.79 Å². The highest BCUT2D eigenvalue weighted by molar-refractivity contribution is 5.80. The summed E-state index contributed by atoms with van der Waals surface area (Å²) in [6.07, 6.45) is 0.634. The van der Waals surface area contributed by atoms with E-state index in [1.54, 1.807) is 0 Å². The molecule has 1 heterocycles. The van der Waals surface area contributed by atoms with E-state index in [9.17, 15) is 45.0 Å². The molecule has 14 nitrogen and oxygen atoms in total. The SMILES string of the molecule is COC(=O)[C@@]1(OCCOC(=O)[C@]23CCC(C)(C)C[C@@H]2C2=CC[C@@H]4[C@@]5(C)CC[C@H](O)C(C)(C)[C@@H]5CC[C@@]4(C)[C@]2(C)C[C@H]3O)C[C@H](O)[C@@H](NC(C)=O)[C@H]([C@H](O)[C@H](O)CO)O1. The van der Waals surface area contributed by atoms with Crippen LogP contribution in [0.5, 0.6) is 0 Å². The maximum atomic E-state index is 14.7. The average Bonchev–Trinajstić information content (AvgIpc) is 3.14. The fourth-order valence-electron chi connectivity index (χ4n) is 13.6. The number of allylic oxidation sites excluding steroid dienone is 2. The van der Waals surface area contributed by atoms with Crippen molar-refractivity contribution in [2.24, 2.45) is 50.2 Å². The van der Waals surface area contributed by atoms with Crippen LogP contribution in [-0.2, 0) is 33.3 Å². The smallest absolute Gasteiger partial charge is 0.366 e. The number of aliphatic hydroxyl groups excluding tert-OH is 6. The summed E-state index contributed by atoms with van der Waals surface area (Å²) in [7, 11) is 1.08. The van der Waals surface area contributed by atoms with E-state index >= 15 is 0 Å². The first-order chi connectivity index (χ1) is 26.9. The molecule has 15 atom stereocenters. The van der Waals surface area contributed by atoms with Crippen LogP contribution in [-0.4, -0.2) is 124 Å². The predicted molar refractivity (Wildman–Crippen MR) is 210 cm³/mol. The molecule has 0 bridgehead atoms. The normalized spacial score (nSPS) is 45.1. The molecule has 6 aliphatic rings. The topological polar surface area (TPSA) is 222 Å². The molecular formula is C44H71NO13. The summed E-state index contributed by atoms with van der Waals surface area (Å²) in [6.45, 7) is 15.6. The highest BCUT2D eigenvalue weighted by Crippen LogP contribution is 2.75. The van der Waals surface area contributed by atoms with Crippen LogP contribution in [0.15, 0.2) is 11.6 Å². The highest BCUT2D eigenvalue weighted by Gasteiger charge is 2.71. The Kier molecular flexibility index (Phi) is 12.2. The molecule has 0 spiro atoms. The Labute approximate surface area is 343 Å². The summed E-state index contributed by atoms with van der Waals surface area (Å²) < 4.78 is 22.8. The van der Waals surface area contributed by atoms with E-state index in [2.05, 4.69) is 59.9 Å². The zero-order chi connectivity index (χ0) is 43.0. The third-order valence-corrected chi connectivity index (χ3v) is 17.1. The van der Waals surface area contributed by atoms with Gasteiger partial charge in [0.2, 0.25) is 5.91 Å². The molecule has 0 unspecified atom stereocenters. The molecular weight excluding hydrogens is 750 g/mol. The molecule has 1 saturated heterocycles. The zero-order valence-electron chi connectivity index (χ0n) is 36.1. The molecule has 330 valence electrons. The van der Waals surface area contributed by atoms with Gasteiger partial charge in [-0.15, -0.1) is 0 Å². The number of carbonyl (C=O) groups is 3. The second-order valence-corrected chi connectivity index (χ2v) is 20.9. The van der Waals surface area contributed by atoms with Crippen LogP contribution < -0.4 is 5.32 Å². The van der Waals surface area contributed by atoms with Gasteiger partial charge in [0, 0.05) is 13.3 Å². The number of aliphatic hydroxyl groups is 6. The molecule has 0 aromatic heterocycles. The van der Waals surface area contributed by atoms with Gasteiger partial charge in [-0.1, -0.05) is 60.1 Å². The zero-order valence-corrected chi connectivity index (χ0v) is 36.1. The van der Waals surface area contributed by atoms with Crippen molar-refractivity contribution >= 4 is 17.8 Å². The van der Waals surface area contributed by atoms with Crippen molar-refractivity contribution in [1.82, 2.24) is 5.32 Å². The number of hydrogen-bond acceptors (Lipinski definition) is 13. The molecule has 14 heteroatoms. The number of carbonyl (C=O) groups excluding carboxylic acids is 3. The van der Waals surface area contributed by atoms with Gasteiger partial charge >= 0.3 is 11.9 Å². The first kappa shape index (κ1) is 45.4. The standard InChI is InChI=1S/C44H71NO13/c1-24(47)45-33-27(48)21-44(37(54)55-9,58-35(33)34(52)28(49)23-46)57-19-18-56-36(53)43-17-16-38(2,3)20-26(43)25-10-11-30-40(6)14-13-31(50)39(4,5)29(40)12-15-41(30,7)42(25,8)22-32(43)51/h10,26-35,46,48-52H,11-23H2,1-9H3,(H,45,47)/t26-,27+,28-,29+,30-,31+,32-,33-,34-,35-,40+,41-,42-,43-,44-/m1/s1. The van der Waals surface area contributed by atoms with Gasteiger partial charge in [0.25, 0.3) is 5.79 Å². The summed E-state index contributed by atoms with van der Waals surface area (Å²) in [6, 6.07) is -1.29. The third kappa shape index (κ3) is 6.97. The van der Waals surface area contributed by atoms with Crippen molar-refractivity contribution < 1.29 is 64.0 Å². The van der Waals surface area contributed by atoms with Crippen LogP contribution in [0.3, 0.4) is 0 Å². The van der Waals surface area contributed by atoms with Crippen molar-refractivity contribution in [3.05, 3.63) is 11.6 Å². The minimum atomic E-state index is -2.33. The quantitative estimate of drug-likeness (QED) is 0.0959. The largest absolute Gasteiger partial charge is 0.465 e. The van der Waals surface area contributed by atoms with E-state index in [4.69, 9.17) is 18.9 Å². The summed E-state index contributed by atoms with van der Waals surface area (Å²) in [4.78, 5) is 39.9. The number of ether oxygens (including phenoxy) is 4. The molecule has 6 rings (SSSR count). The minimum Gasteiger partial charge on any atom is -0.465 e. The maximum Gasteiger partial charge on any atom is 0.366 e. The predicted octanol–water partition coefficient (Wildman–Crippen LogP) is 2.92. The molecule has 1 amide bonds. The fraction of sp³-hybridized carbons (Fsp3) is 0.886. The number of hydrogen-bond donors (Lipinski definition) is 7. The summed E-state index contributed by atoms with van der Waals surface area (Å²) in [5.41, 5.74) is -0.744. The Morgan fingerprint density at radius 1 is 0.879 bits per heavy atom. The van der Waals surface area contributed by atoms with Crippen molar-refractivity contribution in [3.8, 4) is 0 Å². The van der Waals surface area contributed by atoms with Gasteiger partial charge in [-0.2, -0.15) is 0 Å². The Morgan fingerprint density at radius 2 is 1.57 bits per heavy atom. The number of esters is 2. The van der Waals surface area contributed by atoms with Crippen LogP contribution >= 0.6 is 0 Å². The number of nitrogens with one attached hydrogen (secondary N) is 1. The Bertz CT molecular complexity index is 1620. The molecule has 0 aromatic rings. The Balaban J connectivity index is 1.25. The van der Waals surface area contributed by atoms with Gasteiger partial charge in [-0.05, 0) is 103 Å². The van der Waals surface area contributed by atoms with Gasteiger partial charge in [0.15, 0.2) is 0 Å². The molecule has 5 fully saturated rings. The monoisotopic (exact) mass is 821 g/mol. The van der Waals surface area contributed by atoms with Crippen molar-refractivity contribution in [3.63, 3.8) is 0 Å². The van der Waals surface area contributed by atoms with Crippen LogP contribution in [0.4, 0.5) is 0 Å². The van der Waals surface area contributed by atoms with E-state index in [0.29, 0.717) is 37.5 Å². The van der Waals surface area contributed by atoms with E-state index < -0.39 is 85.2 Å². The van der Waals surface area contributed by atoms with Gasteiger partial charge in [-0.3, -0.25) is 9.59 Å². The second-order valence-electron chi connectivity index (χ2n) is 20.9. The van der Waals surface area contributed by atoms with Crippen LogP contribution in [0, 0.1) is 50.2 Å². The molecule has 0 radical (unpaired) electrons. The number of fused-ring (bicyclic) bond motifs is 7. The van der Waals surface area contributed by atoms with Crippen molar-refractivity contribution in [1.29, 1.82) is 0 Å². The number of amides is 1. The number of rotatable bonds is 10. The molecule has 0 aromatic carbocycles. The molecule has 4 saturated carbocycles. The van der Waals surface area contributed by atoms with Crippen LogP contribution in [0.25, 0.3) is 0 Å². The minimum absolute atomic E-state index is 0.0201. The molecule has 1 aliphatic heterocycles. The first-order valence-corrected chi connectivity index (χ1v) is 21.5. The molecule has 58 heavy (non-hydrogen) atoms. The summed E-state index contributed by atoms with van der Waals surface area (Å²) in [5.74, 6) is -4.07. The molecule has 5 aliphatic carbocycles. The second kappa shape index (κ2) is 15.6. The van der Waals surface area contributed by atoms with Gasteiger partial charge < -0.3 is 54.9 Å². The Hall–Kier alpha value is -2.17. The lowest BCUT2D eigenvalue weighted by molar-refractivity contribution is -0.313. The van der Waals surface area contributed by atoms with Crippen LogP contribution in [0.1, 0.15) is 120 Å². The lowest BCUT2D eigenvalue weighted by atomic mass is 9.33. The summed E-state index contributed by atoms with van der Waals surface area (Å²) in [5, 5.41) is 67.8. The van der Waals surface area contributed by atoms with E-state index in [1.807, 2.05) is 0 Å². The van der Waals surface area contributed by atoms with Crippen molar-refractivity contribution in [2.75, 3.05) is 26.9 Å². The molecule has 7 N–H and O–H groups in total. The average molecular weight is 822 g/mol. The highest BCUT2D eigenvalue weighted by atomic mass is 16.7. The van der Waals surface area contributed by atoms with Crippen LogP contribution in [0.2, 0.25) is 0 Å². The van der Waals surface area contributed by atoms with Gasteiger partial charge in [0.05, 0.1) is 44.7 Å². The summed E-state index contributed by atoms with van der Waals surface area (Å²) >= 11 is 0. The third-order valence-electron chi connectivity index (χ3n) is 17.1. The maximum absolute atomic E-state index is 14.7. The van der Waals surface area contributed by atoms with E-state index in [1.165, 1.54) is 12.5 Å². The number of methoxy groups -OCH3 is 1. The Morgan fingerprint density at radius 3 is 2.21 bits per heavy atom. The first-order valence-electron chi connectivity index (χ1n) is 21.5.